The molecule has 2 rings (SSSR count). The fourth-order valence-corrected chi connectivity index (χ4v) is 2.93. The minimum Gasteiger partial charge on any atom is -0.392 e. The van der Waals surface area contributed by atoms with E-state index in [1.54, 1.807) is 0 Å². The van der Waals surface area contributed by atoms with Gasteiger partial charge in [-0.05, 0) is 31.6 Å². The van der Waals surface area contributed by atoms with Crippen molar-refractivity contribution < 1.29 is 4.84 Å². The van der Waals surface area contributed by atoms with Crippen LogP contribution in [0, 0.1) is 17.8 Å². The predicted octanol–water partition coefficient (Wildman–Crippen LogP) is 3.22. The summed E-state index contributed by atoms with van der Waals surface area (Å²) in [6.07, 6.45) is 5.42. The van der Waals surface area contributed by atoms with Gasteiger partial charge in [0.1, 0.15) is 6.10 Å². The highest BCUT2D eigenvalue weighted by atomic mass is 16.6. The highest BCUT2D eigenvalue weighted by Gasteiger charge is 2.44. The zero-order valence-electron chi connectivity index (χ0n) is 9.49. The van der Waals surface area contributed by atoms with E-state index in [-0.39, 0.29) is 0 Å². The van der Waals surface area contributed by atoms with Crippen LogP contribution >= 0.6 is 0 Å². The fourth-order valence-electron chi connectivity index (χ4n) is 2.93. The number of fused-ring (bicyclic) bond motifs is 1. The van der Waals surface area contributed by atoms with E-state index in [2.05, 4.69) is 25.9 Å². The lowest BCUT2D eigenvalue weighted by Crippen LogP contribution is -2.25. The molecule has 14 heavy (non-hydrogen) atoms. The first-order chi connectivity index (χ1) is 6.77. The maximum Gasteiger partial charge on any atom is 0.138 e. The monoisotopic (exact) mass is 195 g/mol. The summed E-state index contributed by atoms with van der Waals surface area (Å²) >= 11 is 0. The van der Waals surface area contributed by atoms with Crippen molar-refractivity contribution in [2.45, 2.75) is 52.6 Å². The molecule has 1 heterocycles. The molecule has 0 bridgehead atoms. The summed E-state index contributed by atoms with van der Waals surface area (Å²) < 4.78 is 0. The first kappa shape index (κ1) is 10.0. The zero-order valence-corrected chi connectivity index (χ0v) is 9.49. The molecule has 3 atom stereocenters. The van der Waals surface area contributed by atoms with E-state index in [9.17, 15) is 0 Å². The Kier molecular flexibility index (Phi) is 2.80. The second-order valence-electron chi connectivity index (χ2n) is 4.76. The van der Waals surface area contributed by atoms with Crippen molar-refractivity contribution >= 4 is 5.71 Å². The second-order valence-corrected chi connectivity index (χ2v) is 4.76. The smallest absolute Gasteiger partial charge is 0.138 e. The quantitative estimate of drug-likeness (QED) is 0.677. The highest BCUT2D eigenvalue weighted by Crippen LogP contribution is 2.40. The van der Waals surface area contributed by atoms with Crippen molar-refractivity contribution in [2.24, 2.45) is 22.9 Å². The Morgan fingerprint density at radius 2 is 2.07 bits per heavy atom. The van der Waals surface area contributed by atoms with E-state index in [4.69, 9.17) is 4.84 Å². The molecular formula is C12H21NO. The van der Waals surface area contributed by atoms with Gasteiger partial charge < -0.3 is 4.84 Å². The van der Waals surface area contributed by atoms with Crippen molar-refractivity contribution in [3.05, 3.63) is 0 Å². The molecule has 0 spiro atoms. The molecule has 1 aliphatic carbocycles. The number of nitrogens with zero attached hydrogens (tertiary/aromatic N) is 1. The van der Waals surface area contributed by atoms with Crippen LogP contribution in [0.2, 0.25) is 0 Å². The lowest BCUT2D eigenvalue weighted by molar-refractivity contribution is 0.0464. The van der Waals surface area contributed by atoms with Gasteiger partial charge in [0.2, 0.25) is 0 Å². The maximum absolute atomic E-state index is 5.57. The molecule has 2 heteroatoms. The molecule has 1 saturated carbocycles. The van der Waals surface area contributed by atoms with Gasteiger partial charge in [-0.3, -0.25) is 0 Å². The minimum atomic E-state index is 0.408. The van der Waals surface area contributed by atoms with Gasteiger partial charge in [0.15, 0.2) is 0 Å². The zero-order chi connectivity index (χ0) is 10.1. The van der Waals surface area contributed by atoms with Crippen LogP contribution < -0.4 is 0 Å². The molecule has 0 saturated heterocycles. The first-order valence-corrected chi connectivity index (χ1v) is 6.01. The van der Waals surface area contributed by atoms with Crippen molar-refractivity contribution in [1.82, 2.24) is 0 Å². The highest BCUT2D eigenvalue weighted by molar-refractivity contribution is 5.90. The molecule has 0 unspecified atom stereocenters. The summed E-state index contributed by atoms with van der Waals surface area (Å²) in [5.41, 5.74) is 1.37. The summed E-state index contributed by atoms with van der Waals surface area (Å²) in [6.45, 7) is 6.79. The Hall–Kier alpha value is -0.530. The number of oxime groups is 1. The van der Waals surface area contributed by atoms with Crippen molar-refractivity contribution in [3.8, 4) is 0 Å². The molecule has 0 radical (unpaired) electrons. The van der Waals surface area contributed by atoms with Crippen LogP contribution in [0.25, 0.3) is 0 Å². The summed E-state index contributed by atoms with van der Waals surface area (Å²) in [4.78, 5) is 5.57. The fraction of sp³-hybridized carbons (Fsp3) is 0.917. The lowest BCUT2D eigenvalue weighted by atomic mass is 9.86. The van der Waals surface area contributed by atoms with E-state index >= 15 is 0 Å². The number of rotatable bonds is 3. The molecule has 2 nitrogen and oxygen atoms in total. The SMILES string of the molecule is CCC(CC)C1=NO[C@H]2[C@@H]1CC[C@@H]2C. The average molecular weight is 195 g/mol. The third-order valence-electron chi connectivity index (χ3n) is 3.95. The van der Waals surface area contributed by atoms with Crippen molar-refractivity contribution in [1.29, 1.82) is 0 Å². The molecule has 0 aromatic heterocycles. The number of hydrogen-bond acceptors (Lipinski definition) is 2. The van der Waals surface area contributed by atoms with Crippen LogP contribution in [0.4, 0.5) is 0 Å². The van der Waals surface area contributed by atoms with Crippen LogP contribution in [-0.4, -0.2) is 11.8 Å². The minimum absolute atomic E-state index is 0.408. The molecule has 0 aromatic carbocycles. The van der Waals surface area contributed by atoms with Crippen LogP contribution in [0.15, 0.2) is 5.16 Å². The van der Waals surface area contributed by atoms with E-state index in [0.29, 0.717) is 23.9 Å². The Labute approximate surface area is 86.7 Å². The third-order valence-corrected chi connectivity index (χ3v) is 3.95. The normalized spacial score (nSPS) is 35.7. The summed E-state index contributed by atoms with van der Waals surface area (Å²) in [7, 11) is 0. The maximum atomic E-state index is 5.57. The Bertz CT molecular complexity index is 232. The van der Waals surface area contributed by atoms with E-state index in [1.165, 1.54) is 31.4 Å². The van der Waals surface area contributed by atoms with Gasteiger partial charge in [-0.2, -0.15) is 0 Å². The van der Waals surface area contributed by atoms with Gasteiger partial charge >= 0.3 is 0 Å². The molecular weight excluding hydrogens is 174 g/mol. The molecule has 80 valence electrons. The predicted molar refractivity (Wildman–Crippen MR) is 58.3 cm³/mol. The summed E-state index contributed by atoms with van der Waals surface area (Å²) in [6, 6.07) is 0. The van der Waals surface area contributed by atoms with Gasteiger partial charge in [0.25, 0.3) is 0 Å². The third kappa shape index (κ3) is 1.45. The molecule has 1 fully saturated rings. The standard InChI is InChI=1S/C12H21NO/c1-4-9(5-2)11-10-7-6-8(3)12(10)14-13-11/h8-10,12H,4-7H2,1-3H3/t8-,10+,12+/m0/s1. The summed E-state index contributed by atoms with van der Waals surface area (Å²) in [5, 5.41) is 4.33. The van der Waals surface area contributed by atoms with Gasteiger partial charge in [-0.15, -0.1) is 0 Å². The molecule has 1 aliphatic heterocycles. The van der Waals surface area contributed by atoms with Crippen LogP contribution in [0.1, 0.15) is 46.5 Å². The van der Waals surface area contributed by atoms with Crippen LogP contribution in [0.5, 0.6) is 0 Å². The van der Waals surface area contributed by atoms with Crippen LogP contribution in [0.3, 0.4) is 0 Å². The molecule has 0 aromatic rings. The largest absolute Gasteiger partial charge is 0.392 e. The van der Waals surface area contributed by atoms with E-state index in [0.717, 1.165) is 0 Å². The van der Waals surface area contributed by atoms with E-state index in [1.807, 2.05) is 0 Å². The van der Waals surface area contributed by atoms with Crippen molar-refractivity contribution in [3.63, 3.8) is 0 Å². The van der Waals surface area contributed by atoms with E-state index < -0.39 is 0 Å². The lowest BCUT2D eigenvalue weighted by Gasteiger charge is -2.16. The molecule has 0 amide bonds. The van der Waals surface area contributed by atoms with Gasteiger partial charge in [0, 0.05) is 11.8 Å². The first-order valence-electron chi connectivity index (χ1n) is 6.01. The second kappa shape index (κ2) is 3.92. The summed E-state index contributed by atoms with van der Waals surface area (Å²) in [5.74, 6) is 2.01. The van der Waals surface area contributed by atoms with Gasteiger partial charge in [-0.25, -0.2) is 0 Å². The topological polar surface area (TPSA) is 21.6 Å². The van der Waals surface area contributed by atoms with Crippen molar-refractivity contribution in [2.75, 3.05) is 0 Å². The van der Waals surface area contributed by atoms with Crippen LogP contribution in [-0.2, 0) is 4.84 Å². The van der Waals surface area contributed by atoms with Gasteiger partial charge in [-0.1, -0.05) is 25.9 Å². The Balaban J connectivity index is 2.08. The Morgan fingerprint density at radius 3 is 2.71 bits per heavy atom. The molecule has 0 N–H and O–H groups in total. The molecule has 2 aliphatic rings. The Morgan fingerprint density at radius 1 is 1.36 bits per heavy atom. The van der Waals surface area contributed by atoms with Gasteiger partial charge in [0.05, 0.1) is 5.71 Å². The number of hydrogen-bond donors (Lipinski definition) is 0. The average Bonchev–Trinajstić information content (AvgIpc) is 2.74.